The molecule has 4 nitrogen and oxygen atoms in total. The largest absolute Gasteiger partial charge is 0.384 e. The van der Waals surface area contributed by atoms with Crippen molar-refractivity contribution in [3.05, 3.63) is 28.2 Å². The van der Waals surface area contributed by atoms with Gasteiger partial charge in [0.05, 0.1) is 6.10 Å². The van der Waals surface area contributed by atoms with Crippen molar-refractivity contribution in [1.82, 2.24) is 0 Å². The lowest BCUT2D eigenvalue weighted by Gasteiger charge is -2.29. The molecule has 2 rings (SSSR count). The van der Waals surface area contributed by atoms with Crippen LogP contribution < -0.4 is 10.6 Å². The van der Waals surface area contributed by atoms with E-state index >= 15 is 0 Å². The smallest absolute Gasteiger partial charge is 0.124 e. The molecule has 1 atom stereocenters. The molecule has 1 heterocycles. The Bertz CT molecular complexity index is 458. The summed E-state index contributed by atoms with van der Waals surface area (Å²) in [4.78, 5) is 2.12. The summed E-state index contributed by atoms with van der Waals surface area (Å²) in [5, 5.41) is 7.66. The Morgan fingerprint density at radius 3 is 2.95 bits per heavy atom. The highest BCUT2D eigenvalue weighted by Crippen LogP contribution is 2.25. The van der Waals surface area contributed by atoms with Gasteiger partial charge >= 0.3 is 0 Å². The monoisotopic (exact) mass is 325 g/mol. The van der Waals surface area contributed by atoms with Gasteiger partial charge in [0.2, 0.25) is 0 Å². The summed E-state index contributed by atoms with van der Waals surface area (Å²) in [6.45, 7) is 1.69. The van der Waals surface area contributed by atoms with E-state index in [1.807, 2.05) is 25.2 Å². The topological polar surface area (TPSA) is 62.3 Å². The molecule has 0 aromatic heterocycles. The number of nitrogen functional groups attached to an aromatic ring is 1. The van der Waals surface area contributed by atoms with Crippen LogP contribution in [-0.2, 0) is 4.74 Å². The highest BCUT2D eigenvalue weighted by Gasteiger charge is 2.18. The molecule has 1 aliphatic heterocycles. The van der Waals surface area contributed by atoms with Crippen molar-refractivity contribution < 1.29 is 4.74 Å². The maximum absolute atomic E-state index is 7.66. The average molecular weight is 326 g/mol. The molecule has 0 bridgehead atoms. The molecule has 1 fully saturated rings. The number of benzene rings is 1. The van der Waals surface area contributed by atoms with E-state index in [9.17, 15) is 0 Å². The summed E-state index contributed by atoms with van der Waals surface area (Å²) in [5.41, 5.74) is 7.38. The van der Waals surface area contributed by atoms with Crippen molar-refractivity contribution in [2.24, 2.45) is 5.73 Å². The zero-order chi connectivity index (χ0) is 13.8. The van der Waals surface area contributed by atoms with Gasteiger partial charge in [0.15, 0.2) is 0 Å². The number of nitrogens with two attached hydrogens (primary N) is 1. The second-order valence-corrected chi connectivity index (χ2v) is 5.86. The van der Waals surface area contributed by atoms with Crippen LogP contribution in [0.5, 0.6) is 0 Å². The molecular weight excluding hydrogens is 306 g/mol. The van der Waals surface area contributed by atoms with Gasteiger partial charge < -0.3 is 15.4 Å². The molecule has 104 valence electrons. The maximum atomic E-state index is 7.66. The minimum atomic E-state index is 0.0962. The third-order valence-corrected chi connectivity index (χ3v) is 3.91. The minimum Gasteiger partial charge on any atom is -0.384 e. The molecular formula is C14H20BrN3O. The summed E-state index contributed by atoms with van der Waals surface area (Å²) in [6, 6.07) is 5.78. The van der Waals surface area contributed by atoms with Crippen LogP contribution in [0.2, 0.25) is 0 Å². The van der Waals surface area contributed by atoms with Crippen LogP contribution in [0.25, 0.3) is 0 Å². The summed E-state index contributed by atoms with van der Waals surface area (Å²) in [6.07, 6.45) is 3.78. The lowest BCUT2D eigenvalue weighted by Crippen LogP contribution is -2.34. The molecule has 1 aliphatic rings. The first-order valence-electron chi connectivity index (χ1n) is 6.54. The van der Waals surface area contributed by atoms with E-state index in [1.54, 1.807) is 0 Å². The van der Waals surface area contributed by atoms with Gasteiger partial charge in [-0.25, -0.2) is 0 Å². The number of nitrogens with zero attached hydrogens (tertiary/aromatic N) is 1. The predicted molar refractivity (Wildman–Crippen MR) is 82.0 cm³/mol. The SMILES string of the molecule is CN(CC1CCCCO1)c1cc(Br)ccc1C(=N)N. The fourth-order valence-electron chi connectivity index (χ4n) is 2.40. The average Bonchev–Trinajstić information content (AvgIpc) is 2.39. The fraction of sp³-hybridized carbons (Fsp3) is 0.500. The van der Waals surface area contributed by atoms with Crippen molar-refractivity contribution in [1.29, 1.82) is 5.41 Å². The second-order valence-electron chi connectivity index (χ2n) is 4.94. The minimum absolute atomic E-state index is 0.0962. The number of ether oxygens (including phenoxy) is 1. The van der Waals surface area contributed by atoms with Gasteiger partial charge in [-0.15, -0.1) is 0 Å². The van der Waals surface area contributed by atoms with E-state index in [0.29, 0.717) is 0 Å². The molecule has 1 aromatic rings. The van der Waals surface area contributed by atoms with E-state index in [2.05, 4.69) is 20.8 Å². The lowest BCUT2D eigenvalue weighted by molar-refractivity contribution is 0.0216. The molecule has 0 radical (unpaired) electrons. The fourth-order valence-corrected chi connectivity index (χ4v) is 2.75. The Hall–Kier alpha value is -1.07. The number of anilines is 1. The first-order valence-corrected chi connectivity index (χ1v) is 7.34. The van der Waals surface area contributed by atoms with Gasteiger partial charge in [-0.2, -0.15) is 0 Å². The summed E-state index contributed by atoms with van der Waals surface area (Å²) < 4.78 is 6.75. The number of nitrogens with one attached hydrogen (secondary N) is 1. The van der Waals surface area contributed by atoms with Crippen LogP contribution in [0.3, 0.4) is 0 Å². The summed E-state index contributed by atoms with van der Waals surface area (Å²) >= 11 is 3.47. The van der Waals surface area contributed by atoms with Crippen LogP contribution in [0.15, 0.2) is 22.7 Å². The van der Waals surface area contributed by atoms with Crippen molar-refractivity contribution in [3.8, 4) is 0 Å². The number of rotatable bonds is 4. The van der Waals surface area contributed by atoms with Crippen molar-refractivity contribution in [3.63, 3.8) is 0 Å². The molecule has 0 amide bonds. The normalized spacial score (nSPS) is 19.2. The van der Waals surface area contributed by atoms with Crippen LogP contribution in [-0.4, -0.2) is 32.1 Å². The number of halogens is 1. The number of hydrogen-bond donors (Lipinski definition) is 2. The zero-order valence-electron chi connectivity index (χ0n) is 11.2. The Kier molecular flexibility index (Phi) is 4.82. The molecule has 3 N–H and O–H groups in total. The molecule has 0 spiro atoms. The van der Waals surface area contributed by atoms with Crippen molar-refractivity contribution in [2.45, 2.75) is 25.4 Å². The third-order valence-electron chi connectivity index (χ3n) is 3.41. The van der Waals surface area contributed by atoms with E-state index in [0.717, 1.165) is 41.7 Å². The number of likely N-dealkylation sites (N-methyl/N-ethyl adjacent to an activating group) is 1. The molecule has 0 aliphatic carbocycles. The quantitative estimate of drug-likeness (QED) is 0.661. The van der Waals surface area contributed by atoms with E-state index in [-0.39, 0.29) is 11.9 Å². The van der Waals surface area contributed by atoms with Gasteiger partial charge in [0.25, 0.3) is 0 Å². The molecule has 1 aromatic carbocycles. The molecule has 0 saturated carbocycles. The van der Waals surface area contributed by atoms with Crippen LogP contribution in [0.4, 0.5) is 5.69 Å². The highest BCUT2D eigenvalue weighted by atomic mass is 79.9. The zero-order valence-corrected chi connectivity index (χ0v) is 12.7. The molecule has 1 saturated heterocycles. The van der Waals surface area contributed by atoms with Gasteiger partial charge in [-0.3, -0.25) is 5.41 Å². The number of amidine groups is 1. The molecule has 19 heavy (non-hydrogen) atoms. The van der Waals surface area contributed by atoms with Gasteiger partial charge in [-0.1, -0.05) is 15.9 Å². The van der Waals surface area contributed by atoms with E-state index in [4.69, 9.17) is 15.9 Å². The third kappa shape index (κ3) is 3.70. The van der Waals surface area contributed by atoms with Crippen molar-refractivity contribution in [2.75, 3.05) is 25.1 Å². The van der Waals surface area contributed by atoms with Gasteiger partial charge in [-0.05, 0) is 37.5 Å². The number of hydrogen-bond acceptors (Lipinski definition) is 3. The summed E-state index contributed by atoms with van der Waals surface area (Å²) in [7, 11) is 2.02. The first-order chi connectivity index (χ1) is 9.08. The predicted octanol–water partition coefficient (Wildman–Crippen LogP) is 2.74. The Balaban J connectivity index is 2.14. The highest BCUT2D eigenvalue weighted by molar-refractivity contribution is 9.10. The molecule has 1 unspecified atom stereocenters. The summed E-state index contributed by atoms with van der Waals surface area (Å²) in [5.74, 6) is 0.0962. The van der Waals surface area contributed by atoms with E-state index < -0.39 is 0 Å². The second kappa shape index (κ2) is 6.39. The standard InChI is InChI=1S/C14H20BrN3O/c1-18(9-11-4-2-3-7-19-11)13-8-10(15)5-6-12(13)14(16)17/h5-6,8,11H,2-4,7,9H2,1H3,(H3,16,17). The lowest BCUT2D eigenvalue weighted by atomic mass is 10.1. The van der Waals surface area contributed by atoms with Crippen LogP contribution >= 0.6 is 15.9 Å². The Morgan fingerprint density at radius 1 is 1.53 bits per heavy atom. The maximum Gasteiger partial charge on any atom is 0.124 e. The van der Waals surface area contributed by atoms with Gasteiger partial charge in [0, 0.05) is 35.9 Å². The van der Waals surface area contributed by atoms with Gasteiger partial charge in [0.1, 0.15) is 5.84 Å². The Morgan fingerprint density at radius 2 is 2.32 bits per heavy atom. The van der Waals surface area contributed by atoms with Crippen LogP contribution in [0.1, 0.15) is 24.8 Å². The molecule has 5 heteroatoms. The van der Waals surface area contributed by atoms with E-state index in [1.165, 1.54) is 6.42 Å². The van der Waals surface area contributed by atoms with Crippen LogP contribution in [0, 0.1) is 5.41 Å². The van der Waals surface area contributed by atoms with Crippen molar-refractivity contribution >= 4 is 27.5 Å². The first kappa shape index (κ1) is 14.3. The Labute approximate surface area is 122 Å².